The maximum absolute atomic E-state index is 12.3. The van der Waals surface area contributed by atoms with Crippen molar-refractivity contribution in [3.8, 4) is 5.69 Å². The largest absolute Gasteiger partial charge is 0.352 e. The third-order valence-corrected chi connectivity index (χ3v) is 3.68. The van der Waals surface area contributed by atoms with Gasteiger partial charge in [0.2, 0.25) is 0 Å². The fraction of sp³-hybridized carbons (Fsp3) is 0.375. The number of benzene rings is 1. The summed E-state index contributed by atoms with van der Waals surface area (Å²) in [6.07, 6.45) is 4.72. The van der Waals surface area contributed by atoms with Crippen LogP contribution >= 0.6 is 12.4 Å². The molecule has 1 aliphatic carbocycles. The SMILES string of the molecule is Cl.NCCCNC(=O)c1cnn(-c2ccccc2)c1C1CC1. The summed E-state index contributed by atoms with van der Waals surface area (Å²) in [5.74, 6) is 0.399. The highest BCUT2D eigenvalue weighted by molar-refractivity contribution is 5.95. The van der Waals surface area contributed by atoms with E-state index >= 15 is 0 Å². The van der Waals surface area contributed by atoms with Crippen LogP contribution in [0.1, 0.15) is 41.2 Å². The number of para-hydroxylation sites is 1. The van der Waals surface area contributed by atoms with Gasteiger partial charge in [0.1, 0.15) is 0 Å². The number of rotatable bonds is 6. The minimum absolute atomic E-state index is 0. The average Bonchev–Trinajstić information content (AvgIpc) is 3.26. The Morgan fingerprint density at radius 1 is 1.32 bits per heavy atom. The van der Waals surface area contributed by atoms with E-state index in [4.69, 9.17) is 5.73 Å². The van der Waals surface area contributed by atoms with Crippen molar-refractivity contribution in [3.05, 3.63) is 47.8 Å². The summed E-state index contributed by atoms with van der Waals surface area (Å²) in [6.45, 7) is 1.19. The third kappa shape index (κ3) is 3.48. The van der Waals surface area contributed by atoms with E-state index < -0.39 is 0 Å². The molecule has 0 radical (unpaired) electrons. The van der Waals surface area contributed by atoms with Crippen molar-refractivity contribution in [1.82, 2.24) is 15.1 Å². The second-order valence-electron chi connectivity index (χ2n) is 5.36. The number of carbonyl (C=O) groups excluding carboxylic acids is 1. The Morgan fingerprint density at radius 2 is 2.05 bits per heavy atom. The molecule has 6 heteroatoms. The van der Waals surface area contributed by atoms with Gasteiger partial charge in [0.05, 0.1) is 23.1 Å². The first-order valence-corrected chi connectivity index (χ1v) is 7.43. The molecule has 0 bridgehead atoms. The minimum atomic E-state index is -0.0486. The average molecular weight is 321 g/mol. The van der Waals surface area contributed by atoms with E-state index in [1.165, 1.54) is 0 Å². The van der Waals surface area contributed by atoms with Crippen LogP contribution in [0.2, 0.25) is 0 Å². The van der Waals surface area contributed by atoms with E-state index in [2.05, 4.69) is 10.4 Å². The number of nitrogens with zero attached hydrogens (tertiary/aromatic N) is 2. The first-order chi connectivity index (χ1) is 10.3. The second-order valence-corrected chi connectivity index (χ2v) is 5.36. The number of carbonyl (C=O) groups is 1. The fourth-order valence-electron chi connectivity index (χ4n) is 2.46. The topological polar surface area (TPSA) is 72.9 Å². The zero-order valence-corrected chi connectivity index (χ0v) is 13.2. The van der Waals surface area contributed by atoms with Crippen molar-refractivity contribution in [3.63, 3.8) is 0 Å². The highest BCUT2D eigenvalue weighted by Crippen LogP contribution is 2.42. The highest BCUT2D eigenvalue weighted by Gasteiger charge is 2.32. The maximum atomic E-state index is 12.3. The molecule has 0 atom stereocenters. The number of halogens is 1. The zero-order chi connectivity index (χ0) is 14.7. The first-order valence-electron chi connectivity index (χ1n) is 7.43. The van der Waals surface area contributed by atoms with Crippen molar-refractivity contribution < 1.29 is 4.79 Å². The number of nitrogens with one attached hydrogen (secondary N) is 1. The molecule has 5 nitrogen and oxygen atoms in total. The molecule has 1 aromatic heterocycles. The molecule has 0 aliphatic heterocycles. The van der Waals surface area contributed by atoms with E-state index in [0.29, 0.717) is 24.6 Å². The zero-order valence-electron chi connectivity index (χ0n) is 12.4. The van der Waals surface area contributed by atoms with Gasteiger partial charge in [-0.1, -0.05) is 18.2 Å². The molecule has 1 fully saturated rings. The molecule has 2 aromatic rings. The summed E-state index contributed by atoms with van der Waals surface area (Å²) in [7, 11) is 0. The number of amides is 1. The molecule has 118 valence electrons. The lowest BCUT2D eigenvalue weighted by Gasteiger charge is -2.09. The van der Waals surface area contributed by atoms with Gasteiger partial charge < -0.3 is 11.1 Å². The summed E-state index contributed by atoms with van der Waals surface area (Å²) in [5.41, 5.74) is 8.18. The maximum Gasteiger partial charge on any atom is 0.254 e. The van der Waals surface area contributed by atoms with Gasteiger partial charge in [-0.3, -0.25) is 4.79 Å². The summed E-state index contributed by atoms with van der Waals surface area (Å²) in [5, 5.41) is 7.34. The molecular formula is C16H21ClN4O. The molecule has 22 heavy (non-hydrogen) atoms. The predicted molar refractivity (Wildman–Crippen MR) is 88.8 cm³/mol. The Labute approximate surface area is 136 Å². The van der Waals surface area contributed by atoms with Gasteiger partial charge in [0.15, 0.2) is 0 Å². The van der Waals surface area contributed by atoms with Crippen molar-refractivity contribution >= 4 is 18.3 Å². The Morgan fingerprint density at radius 3 is 2.68 bits per heavy atom. The molecule has 1 aromatic carbocycles. The van der Waals surface area contributed by atoms with Crippen molar-refractivity contribution in [2.75, 3.05) is 13.1 Å². The van der Waals surface area contributed by atoms with E-state index in [9.17, 15) is 4.79 Å². The van der Waals surface area contributed by atoms with Crippen LogP contribution in [-0.4, -0.2) is 28.8 Å². The fourth-order valence-corrected chi connectivity index (χ4v) is 2.46. The van der Waals surface area contributed by atoms with Gasteiger partial charge in [0, 0.05) is 12.5 Å². The molecule has 1 saturated carbocycles. The van der Waals surface area contributed by atoms with Crippen LogP contribution in [0, 0.1) is 0 Å². The third-order valence-electron chi connectivity index (χ3n) is 3.68. The summed E-state index contributed by atoms with van der Waals surface area (Å²) in [6, 6.07) is 9.96. The molecule has 0 saturated heterocycles. The molecular weight excluding hydrogens is 300 g/mol. The molecule has 1 aliphatic rings. The van der Waals surface area contributed by atoms with Crippen LogP contribution in [0.5, 0.6) is 0 Å². The Bertz CT molecular complexity index is 622. The molecule has 3 rings (SSSR count). The standard InChI is InChI=1S/C16H20N4O.ClH/c17-9-4-10-18-16(21)14-11-19-20(15(14)12-7-8-12)13-5-2-1-3-6-13;/h1-3,5-6,11-12H,4,7-10,17H2,(H,18,21);1H. The van der Waals surface area contributed by atoms with Crippen LogP contribution in [0.3, 0.4) is 0 Å². The minimum Gasteiger partial charge on any atom is -0.352 e. The number of hydrogen-bond donors (Lipinski definition) is 2. The summed E-state index contributed by atoms with van der Waals surface area (Å²) < 4.78 is 1.90. The second kappa shape index (κ2) is 7.42. The van der Waals surface area contributed by atoms with Gasteiger partial charge in [0.25, 0.3) is 5.91 Å². The van der Waals surface area contributed by atoms with Gasteiger partial charge in [-0.15, -0.1) is 12.4 Å². The summed E-state index contributed by atoms with van der Waals surface area (Å²) >= 11 is 0. The molecule has 0 unspecified atom stereocenters. The lowest BCUT2D eigenvalue weighted by molar-refractivity contribution is 0.0952. The van der Waals surface area contributed by atoms with E-state index in [1.54, 1.807) is 6.20 Å². The number of hydrogen-bond acceptors (Lipinski definition) is 3. The number of nitrogens with two attached hydrogens (primary N) is 1. The Hall–Kier alpha value is -1.85. The Balaban J connectivity index is 0.00000176. The number of aromatic nitrogens is 2. The van der Waals surface area contributed by atoms with Crippen LogP contribution in [0.4, 0.5) is 0 Å². The van der Waals surface area contributed by atoms with Crippen molar-refractivity contribution in [1.29, 1.82) is 0 Å². The molecule has 1 amide bonds. The van der Waals surface area contributed by atoms with Crippen LogP contribution in [0.15, 0.2) is 36.5 Å². The van der Waals surface area contributed by atoms with Gasteiger partial charge in [-0.05, 0) is 37.9 Å². The predicted octanol–water partition coefficient (Wildman–Crippen LogP) is 2.25. The van der Waals surface area contributed by atoms with Gasteiger partial charge in [-0.25, -0.2) is 4.68 Å². The molecule has 3 N–H and O–H groups in total. The van der Waals surface area contributed by atoms with Crippen molar-refractivity contribution in [2.24, 2.45) is 5.73 Å². The van der Waals surface area contributed by atoms with E-state index in [0.717, 1.165) is 30.6 Å². The monoisotopic (exact) mass is 320 g/mol. The lowest BCUT2D eigenvalue weighted by Crippen LogP contribution is -2.26. The first kappa shape index (κ1) is 16.5. The smallest absolute Gasteiger partial charge is 0.254 e. The van der Waals surface area contributed by atoms with Gasteiger partial charge >= 0.3 is 0 Å². The summed E-state index contributed by atoms with van der Waals surface area (Å²) in [4.78, 5) is 12.3. The normalized spacial score (nSPS) is 13.5. The van der Waals surface area contributed by atoms with E-state index in [1.807, 2.05) is 35.0 Å². The lowest BCUT2D eigenvalue weighted by atomic mass is 10.1. The molecule has 1 heterocycles. The molecule has 0 spiro atoms. The quantitative estimate of drug-likeness (QED) is 0.802. The Kier molecular flexibility index (Phi) is 5.57. The van der Waals surface area contributed by atoms with Crippen molar-refractivity contribution in [2.45, 2.75) is 25.2 Å². The highest BCUT2D eigenvalue weighted by atomic mass is 35.5. The van der Waals surface area contributed by atoms with Crippen LogP contribution < -0.4 is 11.1 Å². The van der Waals surface area contributed by atoms with Crippen LogP contribution in [0.25, 0.3) is 5.69 Å². The van der Waals surface area contributed by atoms with Crippen LogP contribution in [-0.2, 0) is 0 Å². The van der Waals surface area contributed by atoms with E-state index in [-0.39, 0.29) is 18.3 Å². The van der Waals surface area contributed by atoms with Gasteiger partial charge in [-0.2, -0.15) is 5.10 Å².